The minimum atomic E-state index is 0.599. The van der Waals surface area contributed by atoms with Crippen molar-refractivity contribution in [2.75, 3.05) is 19.7 Å². The topological polar surface area (TPSA) is 46.0 Å². The zero-order valence-corrected chi connectivity index (χ0v) is 14.8. The first-order valence-electron chi connectivity index (χ1n) is 9.22. The van der Waals surface area contributed by atoms with Crippen molar-refractivity contribution in [1.82, 2.24) is 5.32 Å². The maximum Gasteiger partial charge on any atom is 0.147 e. The Kier molecular flexibility index (Phi) is 5.22. The summed E-state index contributed by atoms with van der Waals surface area (Å²) in [5.74, 6) is 1.41. The van der Waals surface area contributed by atoms with Gasteiger partial charge in [0.1, 0.15) is 11.4 Å². The SMILES string of the molecule is c1ccc(N=Nc2c(OCC3CCNCC3)ccc3ccccc23)cc1. The molecule has 0 atom stereocenters. The molecule has 1 fully saturated rings. The lowest BCUT2D eigenvalue weighted by atomic mass is 9.99. The van der Waals surface area contributed by atoms with Crippen molar-refractivity contribution in [3.8, 4) is 5.75 Å². The second kappa shape index (κ2) is 8.11. The lowest BCUT2D eigenvalue weighted by Crippen LogP contribution is -2.30. The number of azo groups is 1. The van der Waals surface area contributed by atoms with Crippen LogP contribution in [0.2, 0.25) is 0 Å². The maximum absolute atomic E-state index is 6.19. The van der Waals surface area contributed by atoms with Crippen molar-refractivity contribution in [2.45, 2.75) is 12.8 Å². The highest BCUT2D eigenvalue weighted by atomic mass is 16.5. The van der Waals surface area contributed by atoms with Crippen molar-refractivity contribution in [3.05, 3.63) is 66.7 Å². The van der Waals surface area contributed by atoms with Crippen LogP contribution >= 0.6 is 0 Å². The Morgan fingerprint density at radius 2 is 1.62 bits per heavy atom. The van der Waals surface area contributed by atoms with Crippen LogP contribution in [0.4, 0.5) is 11.4 Å². The van der Waals surface area contributed by atoms with Crippen LogP contribution in [0, 0.1) is 5.92 Å². The fourth-order valence-electron chi connectivity index (χ4n) is 3.31. The van der Waals surface area contributed by atoms with E-state index in [0.29, 0.717) is 5.92 Å². The highest BCUT2D eigenvalue weighted by molar-refractivity contribution is 5.95. The van der Waals surface area contributed by atoms with Gasteiger partial charge in [-0.05, 0) is 55.4 Å². The molecule has 0 spiro atoms. The molecule has 3 aromatic rings. The van der Waals surface area contributed by atoms with Gasteiger partial charge >= 0.3 is 0 Å². The summed E-state index contributed by atoms with van der Waals surface area (Å²) < 4.78 is 6.19. The summed E-state index contributed by atoms with van der Waals surface area (Å²) in [6.07, 6.45) is 2.32. The van der Waals surface area contributed by atoms with Gasteiger partial charge in [0, 0.05) is 5.39 Å². The third-order valence-electron chi connectivity index (χ3n) is 4.82. The standard InChI is InChI=1S/C22H23N3O/c1-2-7-19(8-3-1)24-25-22-20-9-5-4-6-18(20)10-11-21(22)26-16-17-12-14-23-15-13-17/h1-11,17,23H,12-16H2. The van der Waals surface area contributed by atoms with Gasteiger partial charge < -0.3 is 10.1 Å². The molecule has 1 saturated heterocycles. The molecule has 1 aliphatic rings. The van der Waals surface area contributed by atoms with Gasteiger partial charge in [-0.2, -0.15) is 5.11 Å². The second-order valence-electron chi connectivity index (χ2n) is 6.67. The van der Waals surface area contributed by atoms with Crippen molar-refractivity contribution < 1.29 is 4.74 Å². The Balaban J connectivity index is 1.64. The van der Waals surface area contributed by atoms with Crippen LogP contribution in [0.3, 0.4) is 0 Å². The molecule has 132 valence electrons. The van der Waals surface area contributed by atoms with Crippen molar-refractivity contribution >= 4 is 22.1 Å². The van der Waals surface area contributed by atoms with Crippen molar-refractivity contribution in [1.29, 1.82) is 0 Å². The predicted molar refractivity (Wildman–Crippen MR) is 106 cm³/mol. The number of piperidine rings is 1. The van der Waals surface area contributed by atoms with Crippen LogP contribution < -0.4 is 10.1 Å². The lowest BCUT2D eigenvalue weighted by Gasteiger charge is -2.23. The minimum absolute atomic E-state index is 0.599. The Labute approximate surface area is 153 Å². The first-order chi connectivity index (χ1) is 12.9. The monoisotopic (exact) mass is 345 g/mol. The lowest BCUT2D eigenvalue weighted by molar-refractivity contribution is 0.216. The van der Waals surface area contributed by atoms with E-state index < -0.39 is 0 Å². The summed E-state index contributed by atoms with van der Waals surface area (Å²) in [7, 11) is 0. The molecule has 0 radical (unpaired) electrons. The summed E-state index contributed by atoms with van der Waals surface area (Å²) in [5, 5.41) is 14.6. The first kappa shape index (κ1) is 16.7. The van der Waals surface area contributed by atoms with E-state index in [9.17, 15) is 0 Å². The van der Waals surface area contributed by atoms with E-state index in [1.165, 1.54) is 0 Å². The Bertz CT molecular complexity index is 886. The number of rotatable bonds is 5. The smallest absolute Gasteiger partial charge is 0.147 e. The highest BCUT2D eigenvalue weighted by Gasteiger charge is 2.15. The Morgan fingerprint density at radius 3 is 2.46 bits per heavy atom. The number of hydrogen-bond acceptors (Lipinski definition) is 4. The van der Waals surface area contributed by atoms with Crippen LogP contribution in [0.5, 0.6) is 5.75 Å². The molecule has 4 rings (SSSR count). The Hall–Kier alpha value is -2.72. The van der Waals surface area contributed by atoms with Gasteiger partial charge in [-0.15, -0.1) is 5.11 Å². The van der Waals surface area contributed by atoms with Gasteiger partial charge in [0.05, 0.1) is 12.3 Å². The summed E-state index contributed by atoms with van der Waals surface area (Å²) in [5.41, 5.74) is 1.64. The zero-order valence-electron chi connectivity index (χ0n) is 14.8. The molecule has 0 aliphatic carbocycles. The summed E-state index contributed by atoms with van der Waals surface area (Å²) in [6.45, 7) is 2.88. The molecular formula is C22H23N3O. The third kappa shape index (κ3) is 3.92. The molecule has 26 heavy (non-hydrogen) atoms. The molecule has 0 saturated carbocycles. The van der Waals surface area contributed by atoms with Crippen LogP contribution in [0.1, 0.15) is 12.8 Å². The third-order valence-corrected chi connectivity index (χ3v) is 4.82. The van der Waals surface area contributed by atoms with Crippen LogP contribution in [-0.2, 0) is 0 Å². The largest absolute Gasteiger partial charge is 0.491 e. The number of hydrogen-bond donors (Lipinski definition) is 1. The van der Waals surface area contributed by atoms with Crippen LogP contribution in [-0.4, -0.2) is 19.7 Å². The number of benzene rings is 3. The van der Waals surface area contributed by atoms with Gasteiger partial charge in [-0.25, -0.2) is 0 Å². The summed E-state index contributed by atoms with van der Waals surface area (Å²) >= 11 is 0. The molecule has 4 heteroatoms. The van der Waals surface area contributed by atoms with Gasteiger partial charge in [0.2, 0.25) is 0 Å². The van der Waals surface area contributed by atoms with Gasteiger partial charge in [0.15, 0.2) is 0 Å². The number of ether oxygens (including phenoxy) is 1. The normalized spacial score (nSPS) is 15.5. The fraction of sp³-hybridized carbons (Fsp3) is 0.273. The molecule has 1 aliphatic heterocycles. The average molecular weight is 345 g/mol. The average Bonchev–Trinajstić information content (AvgIpc) is 2.72. The summed E-state index contributed by atoms with van der Waals surface area (Å²) in [6, 6.07) is 22.1. The predicted octanol–water partition coefficient (Wildman–Crippen LogP) is 5.63. The van der Waals surface area contributed by atoms with Gasteiger partial charge in [-0.1, -0.05) is 48.5 Å². The molecular weight excluding hydrogens is 322 g/mol. The van der Waals surface area contributed by atoms with E-state index in [1.54, 1.807) is 0 Å². The first-order valence-corrected chi connectivity index (χ1v) is 9.22. The van der Waals surface area contributed by atoms with Gasteiger partial charge in [-0.3, -0.25) is 0 Å². The molecule has 0 bridgehead atoms. The quantitative estimate of drug-likeness (QED) is 0.609. The van der Waals surface area contributed by atoms with E-state index in [2.05, 4.69) is 33.7 Å². The maximum atomic E-state index is 6.19. The van der Waals surface area contributed by atoms with E-state index in [1.807, 2.05) is 48.5 Å². The van der Waals surface area contributed by atoms with E-state index >= 15 is 0 Å². The van der Waals surface area contributed by atoms with E-state index in [4.69, 9.17) is 4.74 Å². The Morgan fingerprint density at radius 1 is 0.846 bits per heavy atom. The van der Waals surface area contributed by atoms with Crippen LogP contribution in [0.15, 0.2) is 77.0 Å². The van der Waals surface area contributed by atoms with E-state index in [0.717, 1.165) is 60.4 Å². The molecule has 1 N–H and O–H groups in total. The molecule has 0 aromatic heterocycles. The fourth-order valence-corrected chi connectivity index (χ4v) is 3.31. The second-order valence-corrected chi connectivity index (χ2v) is 6.67. The molecule has 3 aromatic carbocycles. The minimum Gasteiger partial charge on any atom is -0.491 e. The molecule has 0 amide bonds. The molecule has 1 heterocycles. The van der Waals surface area contributed by atoms with E-state index in [-0.39, 0.29) is 0 Å². The number of nitrogens with zero attached hydrogens (tertiary/aromatic N) is 2. The van der Waals surface area contributed by atoms with Crippen LogP contribution in [0.25, 0.3) is 10.8 Å². The highest BCUT2D eigenvalue weighted by Crippen LogP contribution is 2.37. The van der Waals surface area contributed by atoms with Crippen molar-refractivity contribution in [3.63, 3.8) is 0 Å². The van der Waals surface area contributed by atoms with Gasteiger partial charge in [0.25, 0.3) is 0 Å². The number of nitrogens with one attached hydrogen (secondary N) is 1. The summed E-state index contributed by atoms with van der Waals surface area (Å²) in [4.78, 5) is 0. The van der Waals surface area contributed by atoms with Crippen molar-refractivity contribution in [2.24, 2.45) is 16.1 Å². The zero-order chi connectivity index (χ0) is 17.6. The molecule has 4 nitrogen and oxygen atoms in total. The number of fused-ring (bicyclic) bond motifs is 1. The molecule has 0 unspecified atom stereocenters.